The van der Waals surface area contributed by atoms with Crippen LogP contribution in [0.1, 0.15) is 19.8 Å². The van der Waals surface area contributed by atoms with Crippen molar-refractivity contribution < 1.29 is 4.74 Å². The number of aromatic nitrogens is 2. The molecule has 2 fully saturated rings. The van der Waals surface area contributed by atoms with Gasteiger partial charge >= 0.3 is 0 Å². The van der Waals surface area contributed by atoms with Crippen molar-refractivity contribution in [2.24, 2.45) is 0 Å². The van der Waals surface area contributed by atoms with Crippen LogP contribution in [-0.4, -0.2) is 59.8 Å². The molecule has 23 heavy (non-hydrogen) atoms. The zero-order chi connectivity index (χ0) is 15.6. The third-order valence-corrected chi connectivity index (χ3v) is 5.05. The summed E-state index contributed by atoms with van der Waals surface area (Å²) in [5.74, 6) is 1.06. The van der Waals surface area contributed by atoms with Crippen molar-refractivity contribution in [3.8, 4) is 0 Å². The molecule has 2 aliphatic rings. The van der Waals surface area contributed by atoms with Crippen LogP contribution >= 0.6 is 0 Å². The minimum Gasteiger partial charge on any atom is -0.378 e. The smallest absolute Gasteiger partial charge is 0.138 e. The van der Waals surface area contributed by atoms with Gasteiger partial charge in [0.25, 0.3) is 0 Å². The molecule has 122 valence electrons. The van der Waals surface area contributed by atoms with Gasteiger partial charge in [-0.15, -0.1) is 0 Å². The van der Waals surface area contributed by atoms with E-state index in [9.17, 15) is 0 Å². The monoisotopic (exact) mass is 312 g/mol. The third-order valence-electron chi connectivity index (χ3n) is 5.05. The zero-order valence-corrected chi connectivity index (χ0v) is 13.7. The van der Waals surface area contributed by atoms with E-state index in [4.69, 9.17) is 4.74 Å². The van der Waals surface area contributed by atoms with E-state index in [0.29, 0.717) is 12.1 Å². The van der Waals surface area contributed by atoms with Gasteiger partial charge in [0.05, 0.1) is 24.8 Å². The number of piperazine rings is 1. The van der Waals surface area contributed by atoms with Gasteiger partial charge in [-0.3, -0.25) is 9.88 Å². The molecule has 0 aliphatic carbocycles. The van der Waals surface area contributed by atoms with Crippen LogP contribution in [0.4, 0.5) is 5.82 Å². The molecule has 2 saturated heterocycles. The number of hydrogen-bond donors (Lipinski definition) is 0. The molecule has 0 radical (unpaired) electrons. The highest BCUT2D eigenvalue weighted by Crippen LogP contribution is 2.27. The lowest BCUT2D eigenvalue weighted by Gasteiger charge is -2.48. The molecule has 0 bridgehead atoms. The van der Waals surface area contributed by atoms with Crippen molar-refractivity contribution >= 4 is 16.7 Å². The molecule has 0 aromatic carbocycles. The van der Waals surface area contributed by atoms with E-state index in [-0.39, 0.29) is 0 Å². The fourth-order valence-electron chi connectivity index (χ4n) is 3.95. The van der Waals surface area contributed by atoms with E-state index in [0.717, 1.165) is 49.6 Å². The van der Waals surface area contributed by atoms with Gasteiger partial charge in [0.1, 0.15) is 5.82 Å². The number of anilines is 1. The van der Waals surface area contributed by atoms with E-state index in [1.165, 1.54) is 12.8 Å². The van der Waals surface area contributed by atoms with E-state index in [2.05, 4.69) is 32.8 Å². The van der Waals surface area contributed by atoms with E-state index < -0.39 is 0 Å². The summed E-state index contributed by atoms with van der Waals surface area (Å²) in [7, 11) is 0. The van der Waals surface area contributed by atoms with Crippen molar-refractivity contribution in [3.05, 3.63) is 30.6 Å². The molecule has 0 unspecified atom stereocenters. The average molecular weight is 312 g/mol. The van der Waals surface area contributed by atoms with Crippen LogP contribution in [0.25, 0.3) is 10.9 Å². The van der Waals surface area contributed by atoms with Crippen molar-refractivity contribution in [2.45, 2.75) is 31.8 Å². The second kappa shape index (κ2) is 6.42. The van der Waals surface area contributed by atoms with Crippen LogP contribution in [0.5, 0.6) is 0 Å². The minimum absolute atomic E-state index is 0.475. The van der Waals surface area contributed by atoms with Crippen molar-refractivity contribution in [3.63, 3.8) is 0 Å². The number of nitrogens with zero attached hydrogens (tertiary/aromatic N) is 4. The molecule has 0 amide bonds. The van der Waals surface area contributed by atoms with Crippen LogP contribution in [-0.2, 0) is 4.74 Å². The number of rotatable bonds is 3. The first-order valence-corrected chi connectivity index (χ1v) is 8.65. The standard InChI is InChI=1S/C18H24N4O/c1-2-4-14-12-23-13-15-11-21(9-10-22(14)15)18-16-5-3-7-19-17(16)6-8-20-18/h3,5-8,14-15H,2,4,9-13H2,1H3/t14-,15+/m0/s1. The van der Waals surface area contributed by atoms with Crippen LogP contribution in [0.15, 0.2) is 30.6 Å². The highest BCUT2D eigenvalue weighted by Gasteiger charge is 2.35. The van der Waals surface area contributed by atoms with Gasteiger partial charge in [-0.1, -0.05) is 13.3 Å². The summed E-state index contributed by atoms with van der Waals surface area (Å²) in [6, 6.07) is 7.15. The third kappa shape index (κ3) is 2.79. The van der Waals surface area contributed by atoms with Crippen molar-refractivity contribution in [2.75, 3.05) is 37.7 Å². The summed E-state index contributed by atoms with van der Waals surface area (Å²) < 4.78 is 5.87. The minimum atomic E-state index is 0.475. The fraction of sp³-hybridized carbons (Fsp3) is 0.556. The molecule has 0 N–H and O–H groups in total. The highest BCUT2D eigenvalue weighted by molar-refractivity contribution is 5.89. The van der Waals surface area contributed by atoms with Crippen LogP contribution in [0.2, 0.25) is 0 Å². The molecule has 2 aromatic rings. The lowest BCUT2D eigenvalue weighted by Crippen LogP contribution is -2.62. The summed E-state index contributed by atoms with van der Waals surface area (Å²) in [6.45, 7) is 7.09. The Hall–Kier alpha value is -1.72. The highest BCUT2D eigenvalue weighted by atomic mass is 16.5. The van der Waals surface area contributed by atoms with Crippen molar-refractivity contribution in [1.29, 1.82) is 0 Å². The second-order valence-corrected chi connectivity index (χ2v) is 6.52. The SMILES string of the molecule is CCC[C@H]1COC[C@H]2CN(c3nccc4ncccc34)CCN12. The Kier molecular flexibility index (Phi) is 4.14. The first kappa shape index (κ1) is 14.8. The number of pyridine rings is 2. The first-order chi connectivity index (χ1) is 11.4. The van der Waals surface area contributed by atoms with Gasteiger partial charge < -0.3 is 9.64 Å². The Morgan fingerprint density at radius 1 is 1.17 bits per heavy atom. The Bertz CT molecular complexity index is 670. The Labute approximate surface area is 137 Å². The van der Waals surface area contributed by atoms with Crippen LogP contribution < -0.4 is 4.90 Å². The molecular weight excluding hydrogens is 288 g/mol. The number of ether oxygens (including phenoxy) is 1. The predicted molar refractivity (Wildman–Crippen MR) is 91.8 cm³/mol. The topological polar surface area (TPSA) is 41.5 Å². The van der Waals surface area contributed by atoms with Crippen molar-refractivity contribution in [1.82, 2.24) is 14.9 Å². The maximum absolute atomic E-state index is 5.87. The normalized spacial score (nSPS) is 25.5. The molecule has 5 nitrogen and oxygen atoms in total. The molecule has 0 spiro atoms. The summed E-state index contributed by atoms with van der Waals surface area (Å²) >= 11 is 0. The molecule has 4 rings (SSSR count). The summed E-state index contributed by atoms with van der Waals surface area (Å²) in [6.07, 6.45) is 6.16. The fourth-order valence-corrected chi connectivity index (χ4v) is 3.95. The Morgan fingerprint density at radius 3 is 3.04 bits per heavy atom. The van der Waals surface area contributed by atoms with E-state index in [1.807, 2.05) is 24.5 Å². The summed E-state index contributed by atoms with van der Waals surface area (Å²) in [5, 5.41) is 1.14. The van der Waals surface area contributed by atoms with Gasteiger partial charge in [0, 0.05) is 43.5 Å². The summed E-state index contributed by atoms with van der Waals surface area (Å²) in [5.41, 5.74) is 1.02. The lowest BCUT2D eigenvalue weighted by atomic mass is 10.0. The van der Waals surface area contributed by atoms with Gasteiger partial charge in [0.15, 0.2) is 0 Å². The van der Waals surface area contributed by atoms with E-state index >= 15 is 0 Å². The Morgan fingerprint density at radius 2 is 2.13 bits per heavy atom. The molecule has 2 aliphatic heterocycles. The molecular formula is C18H24N4O. The number of fused-ring (bicyclic) bond motifs is 2. The number of morpholine rings is 1. The summed E-state index contributed by atoms with van der Waals surface area (Å²) in [4.78, 5) is 14.2. The van der Waals surface area contributed by atoms with Gasteiger partial charge in [-0.2, -0.15) is 0 Å². The van der Waals surface area contributed by atoms with Crippen LogP contribution in [0.3, 0.4) is 0 Å². The average Bonchev–Trinajstić information content (AvgIpc) is 2.61. The molecule has 4 heterocycles. The van der Waals surface area contributed by atoms with Gasteiger partial charge in [-0.05, 0) is 24.6 Å². The Balaban J connectivity index is 1.58. The second-order valence-electron chi connectivity index (χ2n) is 6.52. The van der Waals surface area contributed by atoms with Gasteiger partial charge in [0.2, 0.25) is 0 Å². The zero-order valence-electron chi connectivity index (χ0n) is 13.7. The van der Waals surface area contributed by atoms with E-state index in [1.54, 1.807) is 0 Å². The number of hydrogen-bond acceptors (Lipinski definition) is 5. The largest absolute Gasteiger partial charge is 0.378 e. The first-order valence-electron chi connectivity index (χ1n) is 8.65. The molecule has 0 saturated carbocycles. The maximum Gasteiger partial charge on any atom is 0.138 e. The molecule has 2 atom stereocenters. The van der Waals surface area contributed by atoms with Crippen LogP contribution in [0, 0.1) is 0 Å². The predicted octanol–water partition coefficient (Wildman–Crippen LogP) is 2.32. The maximum atomic E-state index is 5.87. The lowest BCUT2D eigenvalue weighted by molar-refractivity contribution is -0.0558. The quantitative estimate of drug-likeness (QED) is 0.870. The van der Waals surface area contributed by atoms with Gasteiger partial charge in [-0.25, -0.2) is 4.98 Å². The molecule has 5 heteroatoms. The molecule has 2 aromatic heterocycles.